The van der Waals surface area contributed by atoms with Gasteiger partial charge >= 0.3 is 21.7 Å². The van der Waals surface area contributed by atoms with E-state index in [9.17, 15) is 5.11 Å². The minimum absolute atomic E-state index is 0. The first-order valence-electron chi connectivity index (χ1n) is 12.2. The number of nitrogens with zero attached hydrogens (tertiary/aromatic N) is 6. The Kier molecular flexibility index (Phi) is 19.9. The fourth-order valence-electron chi connectivity index (χ4n) is 2.70. The Balaban J connectivity index is 0. The van der Waals surface area contributed by atoms with Gasteiger partial charge in [-0.3, -0.25) is 0 Å². The zero-order valence-corrected chi connectivity index (χ0v) is 27.7. The molecule has 0 unspecified atom stereocenters. The van der Waals surface area contributed by atoms with Gasteiger partial charge in [0.1, 0.15) is 0 Å². The van der Waals surface area contributed by atoms with Crippen LogP contribution in [0.1, 0.15) is 36.8 Å². The smallest absolute Gasteiger partial charge is 0.862 e. The van der Waals surface area contributed by atoms with E-state index in [1.165, 1.54) is 17.5 Å². The fraction of sp³-hybridized carbons (Fsp3) is 0.577. The summed E-state index contributed by atoms with van der Waals surface area (Å²) < 4.78 is 0. The van der Waals surface area contributed by atoms with E-state index in [1.54, 1.807) is 14.1 Å². The molecule has 3 rings (SSSR count). The van der Waals surface area contributed by atoms with Gasteiger partial charge in [0.05, 0.1) is 0 Å². The van der Waals surface area contributed by atoms with Crippen molar-refractivity contribution < 1.29 is 26.8 Å². The predicted octanol–water partition coefficient (Wildman–Crippen LogP) is 7.40. The van der Waals surface area contributed by atoms with Crippen LogP contribution in [-0.2, 0) is 21.7 Å². The first kappa shape index (κ1) is 36.6. The molecule has 36 heavy (non-hydrogen) atoms. The molecular weight excluding hydrogens is 516 g/mol. The molecule has 0 bridgehead atoms. The number of aryl methyl sites for hydroxylation is 2. The maximum absolute atomic E-state index is 10.5. The summed E-state index contributed by atoms with van der Waals surface area (Å²) in [6.07, 6.45) is 7.63. The number of hydrogen-bond donors (Lipinski definition) is 0. The largest absolute Gasteiger partial charge is 4.00 e. The second-order valence-electron chi connectivity index (χ2n) is 10.5. The Bertz CT molecular complexity index is 812. The van der Waals surface area contributed by atoms with Crippen LogP contribution in [0.2, 0.25) is 39.3 Å². The molecule has 3 heterocycles. The average molecular weight is 563 g/mol. The summed E-state index contributed by atoms with van der Waals surface area (Å²) in [5.41, 5.74) is 2.45. The molecule has 0 fully saturated rings. The van der Waals surface area contributed by atoms with Crippen molar-refractivity contribution in [1.82, 2.24) is 9.97 Å². The first-order chi connectivity index (χ1) is 16.3. The molecule has 1 aliphatic rings. The minimum Gasteiger partial charge on any atom is -0.862 e. The minimum atomic E-state index is -1.36. The molecule has 7 nitrogen and oxygen atoms in total. The monoisotopic (exact) mass is 562 g/mol. The normalized spacial score (nSPS) is 12.9. The zero-order valence-electron chi connectivity index (χ0n) is 24.1. The van der Waals surface area contributed by atoms with Crippen LogP contribution < -0.4 is 5.11 Å². The van der Waals surface area contributed by atoms with Gasteiger partial charge in [0, 0.05) is 23.0 Å². The Morgan fingerprint density at radius 3 is 1.53 bits per heavy atom. The predicted molar refractivity (Wildman–Crippen MR) is 157 cm³/mol. The van der Waals surface area contributed by atoms with Gasteiger partial charge in [-0.05, 0) is 39.0 Å². The average Bonchev–Trinajstić information content (AvgIpc) is 2.94. The van der Waals surface area contributed by atoms with Gasteiger partial charge in [-0.1, -0.05) is 105 Å². The molecule has 0 saturated carbocycles. The maximum atomic E-state index is 10.5. The van der Waals surface area contributed by atoms with E-state index in [4.69, 9.17) is 0 Å². The van der Waals surface area contributed by atoms with Crippen LogP contribution >= 0.6 is 0 Å². The number of aliphatic imine (C=N–C) groups is 1. The third-order valence-corrected chi connectivity index (χ3v) is 5.84. The molecule has 0 atom stereocenters. The van der Waals surface area contributed by atoms with Gasteiger partial charge in [0.2, 0.25) is 0 Å². The molecule has 0 N–H and O–H groups in total. The van der Waals surface area contributed by atoms with Gasteiger partial charge in [-0.15, -0.1) is 0 Å². The van der Waals surface area contributed by atoms with Crippen molar-refractivity contribution in [3.05, 3.63) is 63.1 Å². The standard InChI is InChI=1S/2C9H15N2Si.C6H11NO.C2H6N.Ti/c2*1-8-5-6-10-9(7-8)11-12(2,3)4;8-6-4-2-1-3-5-7-6;1-3-2;/h2*5-7H,1-4H3;1-5H2,(H,7,8);1-2H3;/q2*-1;;-1;+4/p-1. The third kappa shape index (κ3) is 22.9. The summed E-state index contributed by atoms with van der Waals surface area (Å²) in [5.74, 6) is 1.87. The van der Waals surface area contributed by atoms with Gasteiger partial charge in [0.15, 0.2) is 0 Å². The van der Waals surface area contributed by atoms with Crippen LogP contribution in [0.5, 0.6) is 0 Å². The number of aromatic nitrogens is 2. The summed E-state index contributed by atoms with van der Waals surface area (Å²) in [4.78, 5) is 21.3. The van der Waals surface area contributed by atoms with Gasteiger partial charge < -0.3 is 35.3 Å². The summed E-state index contributed by atoms with van der Waals surface area (Å²) >= 11 is 0. The molecule has 0 radical (unpaired) electrons. The Morgan fingerprint density at radius 2 is 1.17 bits per heavy atom. The summed E-state index contributed by atoms with van der Waals surface area (Å²) in [5, 5.41) is 14.0. The van der Waals surface area contributed by atoms with E-state index in [2.05, 4.69) is 83.4 Å². The number of pyridine rings is 2. The van der Waals surface area contributed by atoms with Crippen molar-refractivity contribution in [2.75, 3.05) is 20.6 Å². The van der Waals surface area contributed by atoms with Crippen LogP contribution in [-0.4, -0.2) is 53.0 Å². The molecule has 2 aromatic rings. The summed E-state index contributed by atoms with van der Waals surface area (Å²) in [7, 11) is 0.783. The van der Waals surface area contributed by atoms with Gasteiger partial charge in [-0.25, -0.2) is 0 Å². The van der Waals surface area contributed by atoms with Crippen LogP contribution in [0.4, 0.5) is 11.6 Å². The molecule has 2 aromatic heterocycles. The van der Waals surface area contributed by atoms with E-state index in [0.29, 0.717) is 6.42 Å². The molecule has 1 aliphatic heterocycles. The van der Waals surface area contributed by atoms with E-state index in [-0.39, 0.29) is 27.6 Å². The van der Waals surface area contributed by atoms with Crippen LogP contribution in [0, 0.1) is 13.8 Å². The Hall–Kier alpha value is -1.52. The van der Waals surface area contributed by atoms with Crippen molar-refractivity contribution in [2.45, 2.75) is 78.8 Å². The molecule has 0 aromatic carbocycles. The first-order valence-corrected chi connectivity index (χ1v) is 19.1. The van der Waals surface area contributed by atoms with E-state index in [1.807, 2.05) is 36.7 Å². The van der Waals surface area contributed by atoms with E-state index < -0.39 is 16.5 Å². The van der Waals surface area contributed by atoms with Gasteiger partial charge in [-0.2, -0.15) is 14.1 Å². The van der Waals surface area contributed by atoms with Crippen molar-refractivity contribution in [2.24, 2.45) is 4.99 Å². The van der Waals surface area contributed by atoms with Crippen LogP contribution in [0.3, 0.4) is 0 Å². The van der Waals surface area contributed by atoms with Crippen molar-refractivity contribution >= 4 is 34.0 Å². The zero-order chi connectivity index (χ0) is 26.9. The SMILES string of the molecule is C[N-]C.Cc1ccnc([N-][Si](C)(C)C)c1.Cc1ccnc([N-][Si](C)(C)C)c1.[O-]C1=NCCCCC1.[Ti+4]. The van der Waals surface area contributed by atoms with E-state index in [0.717, 1.165) is 31.0 Å². The maximum Gasteiger partial charge on any atom is 4.00 e. The van der Waals surface area contributed by atoms with Crippen molar-refractivity contribution in [3.8, 4) is 0 Å². The molecule has 0 spiro atoms. The molecule has 0 saturated heterocycles. The number of hydrogen-bond acceptors (Lipinski definition) is 4. The molecule has 0 amide bonds. The van der Waals surface area contributed by atoms with Crippen molar-refractivity contribution in [1.29, 1.82) is 0 Å². The van der Waals surface area contributed by atoms with Gasteiger partial charge in [0.25, 0.3) is 0 Å². The third-order valence-electron chi connectivity index (χ3n) is 4.04. The fourth-order valence-corrected chi connectivity index (χ4v) is 4.32. The Labute approximate surface area is 237 Å². The molecular formula is C26H46N6OSi2Ti. The number of rotatable bonds is 4. The Morgan fingerprint density at radius 1 is 0.750 bits per heavy atom. The van der Waals surface area contributed by atoms with Crippen LogP contribution in [0.25, 0.3) is 15.3 Å². The second-order valence-corrected chi connectivity index (χ2v) is 19.6. The van der Waals surface area contributed by atoms with Crippen molar-refractivity contribution in [3.63, 3.8) is 0 Å². The summed E-state index contributed by atoms with van der Waals surface area (Å²) in [6, 6.07) is 8.03. The molecule has 198 valence electrons. The topological polar surface area (TPSA) is 104 Å². The molecule has 0 aliphatic carbocycles. The summed E-state index contributed by atoms with van der Waals surface area (Å²) in [6.45, 7) is 18.1. The second kappa shape index (κ2) is 19.6. The van der Waals surface area contributed by atoms with E-state index >= 15 is 0 Å². The van der Waals surface area contributed by atoms with Crippen LogP contribution in [0.15, 0.2) is 41.7 Å². The molecule has 10 heteroatoms. The quantitative estimate of drug-likeness (QED) is 0.363.